The first kappa shape index (κ1) is 13.0. The number of halogens is 1. The van der Waals surface area contributed by atoms with E-state index in [-0.39, 0.29) is 24.0 Å². The second kappa shape index (κ2) is 5.58. The summed E-state index contributed by atoms with van der Waals surface area (Å²) in [6.07, 6.45) is 3.14. The number of aromatic nitrogens is 3. The van der Waals surface area contributed by atoms with E-state index in [0.29, 0.717) is 11.4 Å². The number of carbonyl (C=O) groups excluding carboxylic acids is 1. The molecule has 0 bridgehead atoms. The maximum absolute atomic E-state index is 12.9. The number of hydrogen-bond acceptors (Lipinski definition) is 4. The lowest BCUT2D eigenvalue weighted by molar-refractivity contribution is 0.0941. The van der Waals surface area contributed by atoms with E-state index in [1.807, 2.05) is 0 Å². The Morgan fingerprint density at radius 2 is 2.05 bits per heavy atom. The molecule has 106 valence electrons. The lowest BCUT2D eigenvalue weighted by atomic mass is 10.3. The summed E-state index contributed by atoms with van der Waals surface area (Å²) in [6, 6.07) is 9.08. The molecule has 2 heterocycles. The van der Waals surface area contributed by atoms with E-state index in [0.717, 1.165) is 0 Å². The van der Waals surface area contributed by atoms with Gasteiger partial charge in [0.2, 0.25) is 0 Å². The fourth-order valence-corrected chi connectivity index (χ4v) is 1.77. The molecular formula is C14H11FN4O2. The van der Waals surface area contributed by atoms with Crippen molar-refractivity contribution < 1.29 is 13.7 Å². The van der Waals surface area contributed by atoms with Crippen LogP contribution >= 0.6 is 0 Å². The van der Waals surface area contributed by atoms with Gasteiger partial charge in [0.05, 0.1) is 18.4 Å². The molecule has 0 aliphatic carbocycles. The average molecular weight is 286 g/mol. The summed E-state index contributed by atoms with van der Waals surface area (Å²) in [7, 11) is 0. The minimum atomic E-state index is -0.327. The Kier molecular flexibility index (Phi) is 3.46. The van der Waals surface area contributed by atoms with E-state index in [2.05, 4.69) is 15.6 Å². The monoisotopic (exact) mass is 286 g/mol. The summed E-state index contributed by atoms with van der Waals surface area (Å²) in [5, 5.41) is 10.4. The Balaban J connectivity index is 1.69. The first-order chi connectivity index (χ1) is 10.2. The Bertz CT molecular complexity index is 735. The maximum atomic E-state index is 12.9. The van der Waals surface area contributed by atoms with Crippen molar-refractivity contribution in [1.82, 2.24) is 20.3 Å². The molecule has 7 heteroatoms. The van der Waals surface area contributed by atoms with Crippen molar-refractivity contribution in [3.8, 4) is 5.69 Å². The SMILES string of the molecule is O=C(NCc1ccno1)c1ccn(-c2ccc(F)cc2)n1. The quantitative estimate of drug-likeness (QED) is 0.795. The molecule has 1 aromatic carbocycles. The van der Waals surface area contributed by atoms with Crippen LogP contribution in [0, 0.1) is 5.82 Å². The molecule has 0 saturated carbocycles. The van der Waals surface area contributed by atoms with Gasteiger partial charge in [0.1, 0.15) is 5.82 Å². The minimum absolute atomic E-state index is 0.238. The summed E-state index contributed by atoms with van der Waals surface area (Å²) < 4.78 is 19.2. The number of benzene rings is 1. The third kappa shape index (κ3) is 2.97. The van der Waals surface area contributed by atoms with Gasteiger partial charge in [-0.2, -0.15) is 5.10 Å². The third-order valence-electron chi connectivity index (χ3n) is 2.83. The molecule has 0 unspecified atom stereocenters. The van der Waals surface area contributed by atoms with Gasteiger partial charge in [0.15, 0.2) is 11.5 Å². The molecule has 3 rings (SSSR count). The molecule has 0 aliphatic heterocycles. The van der Waals surface area contributed by atoms with Crippen LogP contribution in [0.3, 0.4) is 0 Å². The van der Waals surface area contributed by atoms with Gasteiger partial charge < -0.3 is 9.84 Å². The summed E-state index contributed by atoms with van der Waals surface area (Å²) in [4.78, 5) is 11.9. The zero-order chi connectivity index (χ0) is 14.7. The van der Waals surface area contributed by atoms with Gasteiger partial charge in [-0.25, -0.2) is 9.07 Å². The average Bonchev–Trinajstić information content (AvgIpc) is 3.17. The summed E-state index contributed by atoms with van der Waals surface area (Å²) in [5.41, 5.74) is 0.935. The van der Waals surface area contributed by atoms with Gasteiger partial charge in [0, 0.05) is 12.3 Å². The Hall–Kier alpha value is -2.96. The van der Waals surface area contributed by atoms with Crippen molar-refractivity contribution in [2.24, 2.45) is 0 Å². The van der Waals surface area contributed by atoms with Gasteiger partial charge in [0.25, 0.3) is 5.91 Å². The molecule has 6 nitrogen and oxygen atoms in total. The van der Waals surface area contributed by atoms with Gasteiger partial charge in [-0.3, -0.25) is 4.79 Å². The van der Waals surface area contributed by atoms with Crippen molar-refractivity contribution in [1.29, 1.82) is 0 Å². The standard InChI is InChI=1S/C14H11FN4O2/c15-10-1-3-11(4-2-10)19-8-6-13(18-19)14(20)16-9-12-5-7-17-21-12/h1-8H,9H2,(H,16,20). The van der Waals surface area contributed by atoms with E-state index in [9.17, 15) is 9.18 Å². The van der Waals surface area contributed by atoms with Crippen molar-refractivity contribution in [3.63, 3.8) is 0 Å². The minimum Gasteiger partial charge on any atom is -0.360 e. The third-order valence-corrected chi connectivity index (χ3v) is 2.83. The van der Waals surface area contributed by atoms with Crippen LogP contribution in [-0.2, 0) is 6.54 Å². The number of nitrogens with one attached hydrogen (secondary N) is 1. The van der Waals surface area contributed by atoms with Crippen LogP contribution in [0.25, 0.3) is 5.69 Å². The molecule has 21 heavy (non-hydrogen) atoms. The van der Waals surface area contributed by atoms with E-state index >= 15 is 0 Å². The van der Waals surface area contributed by atoms with Crippen molar-refractivity contribution in [3.05, 3.63) is 66.1 Å². The molecule has 0 saturated heterocycles. The van der Waals surface area contributed by atoms with Crippen LogP contribution in [0.4, 0.5) is 4.39 Å². The first-order valence-corrected chi connectivity index (χ1v) is 6.22. The van der Waals surface area contributed by atoms with Crippen LogP contribution in [-0.4, -0.2) is 20.8 Å². The summed E-state index contributed by atoms with van der Waals surface area (Å²) in [5.74, 6) is -0.0930. The number of nitrogens with zero attached hydrogens (tertiary/aromatic N) is 3. The van der Waals surface area contributed by atoms with E-state index in [4.69, 9.17) is 4.52 Å². The second-order valence-electron chi connectivity index (χ2n) is 4.28. The lowest BCUT2D eigenvalue weighted by Gasteiger charge is -2.01. The van der Waals surface area contributed by atoms with Crippen LogP contribution in [0.15, 0.2) is 53.3 Å². The Morgan fingerprint density at radius 3 is 2.76 bits per heavy atom. The van der Waals surface area contributed by atoms with Crippen LogP contribution in [0.2, 0.25) is 0 Å². The van der Waals surface area contributed by atoms with Crippen LogP contribution in [0.1, 0.15) is 16.2 Å². The number of carbonyl (C=O) groups is 1. The predicted octanol–water partition coefficient (Wildman–Crippen LogP) is 1.93. The smallest absolute Gasteiger partial charge is 0.272 e. The zero-order valence-corrected chi connectivity index (χ0v) is 10.9. The highest BCUT2D eigenvalue weighted by Gasteiger charge is 2.10. The van der Waals surface area contributed by atoms with E-state index in [1.54, 1.807) is 30.5 Å². The van der Waals surface area contributed by atoms with Gasteiger partial charge in [-0.1, -0.05) is 5.16 Å². The molecule has 1 N–H and O–H groups in total. The highest BCUT2D eigenvalue weighted by Crippen LogP contribution is 2.09. The first-order valence-electron chi connectivity index (χ1n) is 6.22. The highest BCUT2D eigenvalue weighted by molar-refractivity contribution is 5.92. The number of rotatable bonds is 4. The maximum Gasteiger partial charge on any atom is 0.272 e. The molecule has 0 atom stereocenters. The van der Waals surface area contributed by atoms with Crippen molar-refractivity contribution >= 4 is 5.91 Å². The topological polar surface area (TPSA) is 73.0 Å². The van der Waals surface area contributed by atoms with Crippen molar-refractivity contribution in [2.75, 3.05) is 0 Å². The predicted molar refractivity (Wildman–Crippen MR) is 71.2 cm³/mol. The second-order valence-corrected chi connectivity index (χ2v) is 4.28. The lowest BCUT2D eigenvalue weighted by Crippen LogP contribution is -2.23. The van der Waals surface area contributed by atoms with Gasteiger partial charge in [-0.15, -0.1) is 0 Å². The number of hydrogen-bond donors (Lipinski definition) is 1. The largest absolute Gasteiger partial charge is 0.360 e. The van der Waals surface area contributed by atoms with E-state index < -0.39 is 0 Å². The molecule has 0 radical (unpaired) electrons. The molecule has 1 amide bonds. The normalized spacial score (nSPS) is 10.5. The molecule has 2 aromatic heterocycles. The molecule has 0 fully saturated rings. The zero-order valence-electron chi connectivity index (χ0n) is 10.9. The van der Waals surface area contributed by atoms with Crippen molar-refractivity contribution in [2.45, 2.75) is 6.54 Å². The molecular weight excluding hydrogens is 275 g/mol. The Labute approximate surface area is 119 Å². The van der Waals surface area contributed by atoms with Crippen LogP contribution in [0.5, 0.6) is 0 Å². The Morgan fingerprint density at radius 1 is 1.24 bits per heavy atom. The van der Waals surface area contributed by atoms with Gasteiger partial charge >= 0.3 is 0 Å². The van der Waals surface area contributed by atoms with Gasteiger partial charge in [-0.05, 0) is 30.3 Å². The summed E-state index contributed by atoms with van der Waals surface area (Å²) in [6.45, 7) is 0.238. The van der Waals surface area contributed by atoms with Crippen LogP contribution < -0.4 is 5.32 Å². The number of amides is 1. The molecule has 0 spiro atoms. The summed E-state index contributed by atoms with van der Waals surface area (Å²) >= 11 is 0. The highest BCUT2D eigenvalue weighted by atomic mass is 19.1. The van der Waals surface area contributed by atoms with E-state index in [1.165, 1.54) is 23.0 Å². The molecule has 3 aromatic rings. The fraction of sp³-hybridized carbons (Fsp3) is 0.0714. The fourth-order valence-electron chi connectivity index (χ4n) is 1.77. The molecule has 0 aliphatic rings.